The van der Waals surface area contributed by atoms with Crippen LogP contribution < -0.4 is 11.1 Å². The lowest BCUT2D eigenvalue weighted by atomic mass is 10.1. The first-order valence-corrected chi connectivity index (χ1v) is 9.03. The van der Waals surface area contributed by atoms with E-state index in [0.29, 0.717) is 12.1 Å². The summed E-state index contributed by atoms with van der Waals surface area (Å²) in [6.45, 7) is 7.23. The molecule has 2 aromatic rings. The van der Waals surface area contributed by atoms with Crippen LogP contribution in [0.4, 0.5) is 5.00 Å². The van der Waals surface area contributed by atoms with E-state index < -0.39 is 17.8 Å². The summed E-state index contributed by atoms with van der Waals surface area (Å²) in [5.74, 6) is -1.89. The molecule has 140 valence electrons. The monoisotopic (exact) mass is 398 g/mol. The zero-order chi connectivity index (χ0) is 19.6. The van der Waals surface area contributed by atoms with Crippen molar-refractivity contribution in [3.8, 4) is 0 Å². The van der Waals surface area contributed by atoms with Crippen LogP contribution in [0.2, 0.25) is 5.02 Å². The van der Waals surface area contributed by atoms with Crippen LogP contribution in [-0.2, 0) is 11.3 Å². The number of nitrogens with one attached hydrogen (secondary N) is 1. The first kappa shape index (κ1) is 19.9. The van der Waals surface area contributed by atoms with Gasteiger partial charge in [-0.15, -0.1) is 11.3 Å². The topological polar surface area (TPSA) is 116 Å². The van der Waals surface area contributed by atoms with Gasteiger partial charge in [0.05, 0.1) is 27.8 Å². The molecule has 26 heavy (non-hydrogen) atoms. The van der Waals surface area contributed by atoms with E-state index in [1.165, 1.54) is 10.9 Å². The van der Waals surface area contributed by atoms with Gasteiger partial charge in [-0.2, -0.15) is 5.10 Å². The second kappa shape index (κ2) is 7.88. The zero-order valence-electron chi connectivity index (χ0n) is 14.8. The third-order valence-electron chi connectivity index (χ3n) is 3.45. The average molecular weight is 399 g/mol. The minimum absolute atomic E-state index is 0.101. The lowest BCUT2D eigenvalue weighted by Gasteiger charge is -2.11. The van der Waals surface area contributed by atoms with Gasteiger partial charge >= 0.3 is 5.97 Å². The van der Waals surface area contributed by atoms with Crippen molar-refractivity contribution in [2.24, 2.45) is 5.73 Å². The van der Waals surface area contributed by atoms with Crippen LogP contribution >= 0.6 is 22.9 Å². The Bertz CT molecular complexity index is 872. The van der Waals surface area contributed by atoms with Gasteiger partial charge in [0.1, 0.15) is 10.7 Å². The molecule has 0 aliphatic rings. The van der Waals surface area contributed by atoms with E-state index in [9.17, 15) is 14.4 Å². The molecule has 2 rings (SSSR count). The predicted molar refractivity (Wildman–Crippen MR) is 99.0 cm³/mol. The van der Waals surface area contributed by atoms with Gasteiger partial charge in [-0.1, -0.05) is 11.6 Å². The van der Waals surface area contributed by atoms with Gasteiger partial charge in [0.25, 0.3) is 11.8 Å². The van der Waals surface area contributed by atoms with E-state index in [4.69, 9.17) is 22.1 Å². The Morgan fingerprint density at radius 1 is 1.42 bits per heavy atom. The molecule has 3 N–H and O–H groups in total. The van der Waals surface area contributed by atoms with E-state index in [0.717, 1.165) is 11.3 Å². The fourth-order valence-electron chi connectivity index (χ4n) is 2.35. The van der Waals surface area contributed by atoms with Gasteiger partial charge < -0.3 is 15.8 Å². The number of primary amides is 1. The smallest absolute Gasteiger partial charge is 0.341 e. The first-order chi connectivity index (χ1) is 12.2. The molecular formula is C16H19ClN4O4S. The summed E-state index contributed by atoms with van der Waals surface area (Å²) >= 11 is 6.95. The molecule has 0 radical (unpaired) electrons. The second-order valence-electron chi connectivity index (χ2n) is 5.69. The van der Waals surface area contributed by atoms with Crippen LogP contribution in [0.15, 0.2) is 6.20 Å². The molecule has 0 atom stereocenters. The third kappa shape index (κ3) is 3.88. The Morgan fingerprint density at radius 2 is 2.08 bits per heavy atom. The van der Waals surface area contributed by atoms with Gasteiger partial charge in [-0.3, -0.25) is 14.3 Å². The van der Waals surface area contributed by atoms with Crippen molar-refractivity contribution < 1.29 is 19.1 Å². The van der Waals surface area contributed by atoms with Gasteiger partial charge in [0.15, 0.2) is 0 Å². The Balaban J connectivity index is 2.46. The van der Waals surface area contributed by atoms with Crippen LogP contribution in [0.3, 0.4) is 0 Å². The number of aromatic nitrogens is 2. The number of aryl methyl sites for hydroxylation is 1. The Morgan fingerprint density at radius 3 is 2.62 bits per heavy atom. The quantitative estimate of drug-likeness (QED) is 0.725. The number of carbonyl (C=O) groups is 3. The highest BCUT2D eigenvalue weighted by molar-refractivity contribution is 7.18. The fraction of sp³-hybridized carbons (Fsp3) is 0.375. The largest absolute Gasteiger partial charge is 0.459 e. The van der Waals surface area contributed by atoms with Crippen molar-refractivity contribution in [3.05, 3.63) is 32.9 Å². The van der Waals surface area contributed by atoms with Crippen LogP contribution in [-0.4, -0.2) is 33.7 Å². The maximum atomic E-state index is 12.6. The highest BCUT2D eigenvalue weighted by Crippen LogP contribution is 2.34. The minimum atomic E-state index is -0.691. The number of hydrogen-bond acceptors (Lipinski definition) is 6. The maximum absolute atomic E-state index is 12.6. The molecule has 0 fully saturated rings. The number of hydrogen-bond donors (Lipinski definition) is 2. The van der Waals surface area contributed by atoms with Crippen LogP contribution in [0, 0.1) is 6.92 Å². The van der Waals surface area contributed by atoms with E-state index in [-0.39, 0.29) is 32.3 Å². The molecule has 0 unspecified atom stereocenters. The van der Waals surface area contributed by atoms with Gasteiger partial charge in [0.2, 0.25) is 0 Å². The van der Waals surface area contributed by atoms with Crippen molar-refractivity contribution in [2.75, 3.05) is 5.32 Å². The van der Waals surface area contributed by atoms with Gasteiger partial charge in [-0.05, 0) is 33.3 Å². The van der Waals surface area contributed by atoms with E-state index in [1.807, 2.05) is 6.92 Å². The standard InChI is InChI=1S/C16H19ClN4O4S/c1-5-21-11(9(17)6-19-21)14(23)20-15-10(16(24)25-7(2)3)8(4)12(26-15)13(18)22/h6-7H,5H2,1-4H3,(H2,18,22)(H,20,23). The third-order valence-corrected chi connectivity index (χ3v) is 4.95. The molecule has 8 nitrogen and oxygen atoms in total. The molecule has 0 aliphatic heterocycles. The van der Waals surface area contributed by atoms with Crippen molar-refractivity contribution in [2.45, 2.75) is 40.3 Å². The molecule has 2 aromatic heterocycles. The fourth-order valence-corrected chi connectivity index (χ4v) is 3.61. The summed E-state index contributed by atoms with van der Waals surface area (Å²) in [5, 5.41) is 6.98. The molecule has 0 spiro atoms. The average Bonchev–Trinajstić information content (AvgIpc) is 3.06. The number of amides is 2. The number of nitrogens with zero attached hydrogens (tertiary/aromatic N) is 2. The van der Waals surface area contributed by atoms with Crippen LogP contribution in [0.5, 0.6) is 0 Å². The summed E-state index contributed by atoms with van der Waals surface area (Å²) < 4.78 is 6.64. The van der Waals surface area contributed by atoms with Crippen molar-refractivity contribution in [1.29, 1.82) is 0 Å². The minimum Gasteiger partial charge on any atom is -0.459 e. The van der Waals surface area contributed by atoms with Crippen LogP contribution in [0.25, 0.3) is 0 Å². The SMILES string of the molecule is CCn1ncc(Cl)c1C(=O)Nc1sc(C(N)=O)c(C)c1C(=O)OC(C)C. The second-order valence-corrected chi connectivity index (χ2v) is 7.12. The predicted octanol–water partition coefficient (Wildman–Crippen LogP) is 2.84. The molecular weight excluding hydrogens is 380 g/mol. The van der Waals surface area contributed by atoms with E-state index >= 15 is 0 Å². The Hall–Kier alpha value is -2.39. The number of thiophene rings is 1. The highest BCUT2D eigenvalue weighted by Gasteiger charge is 2.27. The number of nitrogens with two attached hydrogens (primary N) is 1. The van der Waals surface area contributed by atoms with Crippen molar-refractivity contribution in [3.63, 3.8) is 0 Å². The Labute approximate surface area is 159 Å². The number of rotatable bonds is 6. The molecule has 0 saturated heterocycles. The van der Waals surface area contributed by atoms with E-state index in [1.54, 1.807) is 20.8 Å². The number of carbonyl (C=O) groups excluding carboxylic acids is 3. The van der Waals surface area contributed by atoms with Crippen molar-refractivity contribution >= 4 is 45.7 Å². The summed E-state index contributed by atoms with van der Waals surface area (Å²) in [4.78, 5) is 36.9. The molecule has 2 amide bonds. The van der Waals surface area contributed by atoms with Crippen molar-refractivity contribution in [1.82, 2.24) is 9.78 Å². The zero-order valence-corrected chi connectivity index (χ0v) is 16.3. The molecule has 0 saturated carbocycles. The number of ether oxygens (including phenoxy) is 1. The van der Waals surface area contributed by atoms with Crippen LogP contribution in [0.1, 0.15) is 56.9 Å². The summed E-state index contributed by atoms with van der Waals surface area (Å²) in [6.07, 6.45) is 1.00. The molecule has 0 aliphatic carbocycles. The Kier molecular flexibility index (Phi) is 6.04. The normalized spacial score (nSPS) is 10.8. The summed E-state index contributed by atoms with van der Waals surface area (Å²) in [5.41, 5.74) is 5.98. The first-order valence-electron chi connectivity index (χ1n) is 7.84. The number of esters is 1. The molecule has 2 heterocycles. The van der Waals surface area contributed by atoms with E-state index in [2.05, 4.69) is 10.4 Å². The number of anilines is 1. The summed E-state index contributed by atoms with van der Waals surface area (Å²) in [7, 11) is 0. The lowest BCUT2D eigenvalue weighted by Crippen LogP contribution is -2.20. The van der Waals surface area contributed by atoms with Gasteiger partial charge in [0, 0.05) is 6.54 Å². The maximum Gasteiger partial charge on any atom is 0.341 e. The molecule has 0 aromatic carbocycles. The molecule has 0 bridgehead atoms. The summed E-state index contributed by atoms with van der Waals surface area (Å²) in [6, 6.07) is 0. The molecule has 10 heteroatoms. The highest BCUT2D eigenvalue weighted by atomic mass is 35.5. The van der Waals surface area contributed by atoms with Gasteiger partial charge in [-0.25, -0.2) is 4.79 Å². The lowest BCUT2D eigenvalue weighted by molar-refractivity contribution is 0.0379. The number of halogens is 1.